The van der Waals surface area contributed by atoms with Crippen LogP contribution in [0.2, 0.25) is 0 Å². The van der Waals surface area contributed by atoms with E-state index in [1.807, 2.05) is 0 Å². The molecule has 0 radical (unpaired) electrons. The Hall–Kier alpha value is -1.30. The molecule has 1 aliphatic carbocycles. The summed E-state index contributed by atoms with van der Waals surface area (Å²) in [6.45, 7) is 14.1. The Morgan fingerprint density at radius 2 is 1.04 bits per heavy atom. The highest BCUT2D eigenvalue weighted by Gasteiger charge is 2.42. The van der Waals surface area contributed by atoms with E-state index in [4.69, 9.17) is 0 Å². The minimum Gasteiger partial charge on any atom is -0.0651 e. The van der Waals surface area contributed by atoms with Crippen molar-refractivity contribution in [3.05, 3.63) is 57.7 Å². The third-order valence-corrected chi connectivity index (χ3v) is 5.93. The lowest BCUT2D eigenvalue weighted by molar-refractivity contribution is 0.592. The fraction of sp³-hybridized carbons (Fsp3) is 0.600. The number of benzene rings is 1. The van der Waals surface area contributed by atoms with Gasteiger partial charge in [0.1, 0.15) is 0 Å². The van der Waals surface area contributed by atoms with Crippen molar-refractivity contribution in [3.8, 4) is 0 Å². The molecule has 0 saturated carbocycles. The molecule has 0 fully saturated rings. The second-order valence-electron chi connectivity index (χ2n) is 7.91. The van der Waals surface area contributed by atoms with Gasteiger partial charge >= 0.3 is 0 Å². The number of aryl methyl sites for hydroxylation is 1. The van der Waals surface area contributed by atoms with Crippen LogP contribution in [0, 0.1) is 6.92 Å². The zero-order chi connectivity index (χ0) is 18.4. The lowest BCUT2D eigenvalue weighted by atomic mass is 9.69. The Morgan fingerprint density at radius 3 is 1.40 bits per heavy atom. The maximum atomic E-state index is 2.52. The summed E-state index contributed by atoms with van der Waals surface area (Å²) >= 11 is 0. The molecule has 2 rings (SSSR count). The van der Waals surface area contributed by atoms with Gasteiger partial charge < -0.3 is 0 Å². The Morgan fingerprint density at radius 1 is 0.640 bits per heavy atom. The van der Waals surface area contributed by atoms with Crippen LogP contribution in [0.4, 0.5) is 0 Å². The minimum atomic E-state index is 0.120. The van der Waals surface area contributed by atoms with E-state index < -0.39 is 0 Å². The van der Waals surface area contributed by atoms with Crippen molar-refractivity contribution in [2.45, 2.75) is 98.3 Å². The van der Waals surface area contributed by atoms with Crippen molar-refractivity contribution in [2.24, 2.45) is 0 Å². The summed E-state index contributed by atoms with van der Waals surface area (Å²) in [5.41, 5.74) is 9.88. The summed E-state index contributed by atoms with van der Waals surface area (Å²) in [6, 6.07) is 9.37. The predicted octanol–water partition coefficient (Wildman–Crippen LogP) is 8.06. The fourth-order valence-electron chi connectivity index (χ4n) is 4.79. The van der Waals surface area contributed by atoms with E-state index in [-0.39, 0.29) is 5.41 Å². The number of hydrogen-bond donors (Lipinski definition) is 0. The van der Waals surface area contributed by atoms with Crippen LogP contribution in [0.25, 0.3) is 0 Å². The lowest BCUT2D eigenvalue weighted by Gasteiger charge is -2.34. The second-order valence-corrected chi connectivity index (χ2v) is 7.91. The van der Waals surface area contributed by atoms with E-state index >= 15 is 0 Å². The van der Waals surface area contributed by atoms with E-state index in [1.54, 1.807) is 22.3 Å². The molecule has 0 nitrogen and oxygen atoms in total. The van der Waals surface area contributed by atoms with Crippen molar-refractivity contribution in [1.29, 1.82) is 0 Å². The molecule has 0 saturated heterocycles. The van der Waals surface area contributed by atoms with Crippen LogP contribution in [0.5, 0.6) is 0 Å². The summed E-state index contributed by atoms with van der Waals surface area (Å²) in [5.74, 6) is 0. The highest BCUT2D eigenvalue weighted by atomic mass is 14.5. The van der Waals surface area contributed by atoms with Gasteiger partial charge in [0.05, 0.1) is 0 Å². The molecule has 1 aliphatic rings. The van der Waals surface area contributed by atoms with E-state index in [2.05, 4.69) is 65.8 Å². The topological polar surface area (TPSA) is 0 Å². The number of rotatable bonds is 9. The molecule has 0 bridgehead atoms. The number of hydrogen-bond acceptors (Lipinski definition) is 0. The third-order valence-electron chi connectivity index (χ3n) is 5.93. The lowest BCUT2D eigenvalue weighted by Crippen LogP contribution is -2.26. The van der Waals surface area contributed by atoms with Crippen molar-refractivity contribution >= 4 is 0 Å². The molecular weight excluding hydrogens is 300 g/mol. The molecule has 25 heavy (non-hydrogen) atoms. The third kappa shape index (κ3) is 3.78. The Balaban J connectivity index is 2.70. The maximum absolute atomic E-state index is 2.52. The van der Waals surface area contributed by atoms with Crippen LogP contribution >= 0.6 is 0 Å². The molecule has 1 aromatic carbocycles. The monoisotopic (exact) mass is 338 g/mol. The molecule has 0 aliphatic heterocycles. The zero-order valence-corrected chi connectivity index (χ0v) is 17.5. The van der Waals surface area contributed by atoms with Crippen molar-refractivity contribution in [1.82, 2.24) is 0 Å². The Labute approximate surface area is 156 Å². The van der Waals surface area contributed by atoms with E-state index in [0.29, 0.717) is 0 Å². The van der Waals surface area contributed by atoms with Crippen LogP contribution in [0.3, 0.4) is 0 Å². The van der Waals surface area contributed by atoms with Gasteiger partial charge in [-0.3, -0.25) is 0 Å². The highest BCUT2D eigenvalue weighted by Crippen LogP contribution is 2.54. The Bertz CT molecular complexity index is 593. The van der Waals surface area contributed by atoms with Crippen molar-refractivity contribution < 1.29 is 0 Å². The Kier molecular flexibility index (Phi) is 7.11. The van der Waals surface area contributed by atoms with Gasteiger partial charge in [-0.05, 0) is 56.2 Å². The molecule has 138 valence electrons. The number of allylic oxidation sites excluding steroid dienone is 4. The first kappa shape index (κ1) is 20.0. The van der Waals surface area contributed by atoms with Gasteiger partial charge in [0, 0.05) is 5.41 Å². The van der Waals surface area contributed by atoms with Gasteiger partial charge in [-0.25, -0.2) is 0 Å². The SMILES string of the molecule is CCCC1=C(CCC)C(C)(c2ccc(C)cc2)C(CCC)=C1CCC. The molecule has 0 aromatic heterocycles. The summed E-state index contributed by atoms with van der Waals surface area (Å²) < 4.78 is 0. The van der Waals surface area contributed by atoms with E-state index in [0.717, 1.165) is 0 Å². The standard InChI is InChI=1S/C25H38/c1-7-11-21-22(12-8-2)24(14-10-4)25(6,23(21)13-9-3)20-17-15-19(5)16-18-20/h15-18H,7-14H2,1-6H3. The first-order valence-corrected chi connectivity index (χ1v) is 10.6. The molecule has 0 atom stereocenters. The van der Waals surface area contributed by atoms with Crippen molar-refractivity contribution in [2.75, 3.05) is 0 Å². The molecule has 1 aromatic rings. The quantitative estimate of drug-likeness (QED) is 0.427. The second kappa shape index (κ2) is 8.88. The van der Waals surface area contributed by atoms with Gasteiger partial charge in [0.25, 0.3) is 0 Å². The first-order chi connectivity index (χ1) is 12.0. The van der Waals surface area contributed by atoms with Gasteiger partial charge in [0.15, 0.2) is 0 Å². The molecule has 0 spiro atoms. The molecule has 0 heterocycles. The van der Waals surface area contributed by atoms with Crippen LogP contribution in [0.15, 0.2) is 46.6 Å². The van der Waals surface area contributed by atoms with Crippen LogP contribution < -0.4 is 0 Å². The maximum Gasteiger partial charge on any atom is 0.0353 e. The fourth-order valence-corrected chi connectivity index (χ4v) is 4.79. The van der Waals surface area contributed by atoms with Crippen molar-refractivity contribution in [3.63, 3.8) is 0 Å². The smallest absolute Gasteiger partial charge is 0.0353 e. The highest BCUT2D eigenvalue weighted by molar-refractivity contribution is 5.61. The summed E-state index contributed by atoms with van der Waals surface area (Å²) in [4.78, 5) is 0. The van der Waals surface area contributed by atoms with Crippen LogP contribution in [-0.4, -0.2) is 0 Å². The normalized spacial score (nSPS) is 16.9. The molecule has 0 unspecified atom stereocenters. The largest absolute Gasteiger partial charge is 0.0651 e. The van der Waals surface area contributed by atoms with Gasteiger partial charge in [-0.2, -0.15) is 0 Å². The first-order valence-electron chi connectivity index (χ1n) is 10.6. The minimum absolute atomic E-state index is 0.120. The molecule has 0 heteroatoms. The summed E-state index contributed by atoms with van der Waals surface area (Å²) in [6.07, 6.45) is 9.95. The van der Waals surface area contributed by atoms with Gasteiger partial charge in [-0.1, -0.05) is 94.4 Å². The van der Waals surface area contributed by atoms with E-state index in [9.17, 15) is 0 Å². The average Bonchev–Trinajstić information content (AvgIpc) is 2.81. The predicted molar refractivity (Wildman–Crippen MR) is 112 cm³/mol. The van der Waals surface area contributed by atoms with Crippen LogP contribution in [0.1, 0.15) is 97.1 Å². The summed E-state index contributed by atoms with van der Waals surface area (Å²) in [5, 5.41) is 0. The molecule has 0 amide bonds. The molecular formula is C25H38. The zero-order valence-electron chi connectivity index (χ0n) is 17.5. The summed E-state index contributed by atoms with van der Waals surface area (Å²) in [7, 11) is 0. The average molecular weight is 339 g/mol. The van der Waals surface area contributed by atoms with Gasteiger partial charge in [0.2, 0.25) is 0 Å². The van der Waals surface area contributed by atoms with E-state index in [1.165, 1.54) is 62.5 Å². The molecule has 0 N–H and O–H groups in total. The van der Waals surface area contributed by atoms with Crippen LogP contribution in [-0.2, 0) is 5.41 Å². The van der Waals surface area contributed by atoms with Gasteiger partial charge in [-0.15, -0.1) is 0 Å².